The molecule has 7 atom stereocenters. The lowest BCUT2D eigenvalue weighted by Gasteiger charge is -2.27. The van der Waals surface area contributed by atoms with Crippen molar-refractivity contribution in [1.29, 1.82) is 0 Å². The number of carbonyl (C=O) groups is 3. The minimum Gasteiger partial charge on any atom is -0.479 e. The van der Waals surface area contributed by atoms with Crippen LogP contribution < -0.4 is 15.6 Å². The van der Waals surface area contributed by atoms with Gasteiger partial charge in [-0.2, -0.15) is 9.97 Å². The van der Waals surface area contributed by atoms with Crippen LogP contribution in [0.1, 0.15) is 33.9 Å². The Morgan fingerprint density at radius 1 is 1.30 bits per heavy atom. The normalized spacial score (nSPS) is 27.8. The summed E-state index contributed by atoms with van der Waals surface area (Å²) in [7, 11) is 4.16. The molecule has 0 spiro atoms. The van der Waals surface area contributed by atoms with Crippen LogP contribution in [0.3, 0.4) is 0 Å². The molecule has 5 N–H and O–H groups in total. The van der Waals surface area contributed by atoms with E-state index < -0.39 is 73.5 Å². The number of urea groups is 1. The third-order valence-corrected chi connectivity index (χ3v) is 11.2. The van der Waals surface area contributed by atoms with Crippen LogP contribution in [-0.2, 0) is 28.2 Å². The molecule has 0 unspecified atom stereocenters. The fourth-order valence-corrected chi connectivity index (χ4v) is 8.68. The van der Waals surface area contributed by atoms with Gasteiger partial charge in [0.25, 0.3) is 5.91 Å². The van der Waals surface area contributed by atoms with Crippen molar-refractivity contribution >= 4 is 53.1 Å². The lowest BCUT2D eigenvalue weighted by atomic mass is 9.96. The molecule has 44 heavy (non-hydrogen) atoms. The van der Waals surface area contributed by atoms with E-state index in [0.29, 0.717) is 11.4 Å². The number of aromatic nitrogens is 4. The van der Waals surface area contributed by atoms with Crippen LogP contribution in [0.15, 0.2) is 6.33 Å². The van der Waals surface area contributed by atoms with E-state index in [1.54, 1.807) is 13.8 Å². The van der Waals surface area contributed by atoms with Gasteiger partial charge in [0.15, 0.2) is 17.4 Å². The van der Waals surface area contributed by atoms with E-state index in [9.17, 15) is 29.2 Å². The van der Waals surface area contributed by atoms with Crippen molar-refractivity contribution in [3.8, 4) is 5.88 Å². The van der Waals surface area contributed by atoms with Crippen molar-refractivity contribution in [2.24, 2.45) is 0 Å². The number of nitrogens with one attached hydrogen (secondary N) is 1. The van der Waals surface area contributed by atoms with Gasteiger partial charge in [-0.25, -0.2) is 14.9 Å². The maximum absolute atomic E-state index is 14.1. The number of carbonyl (C=O) groups excluding carboxylic acids is 3. The summed E-state index contributed by atoms with van der Waals surface area (Å²) < 4.78 is 37.6. The monoisotopic (exact) mass is 660 g/mol. The van der Waals surface area contributed by atoms with Gasteiger partial charge >= 0.3 is 18.7 Å². The van der Waals surface area contributed by atoms with Gasteiger partial charge in [-0.1, -0.05) is 11.4 Å². The predicted molar refractivity (Wildman–Crippen MR) is 156 cm³/mol. The number of likely N-dealkylation sites (N-methyl/N-ethyl adjacent to an activating group) is 2. The first-order valence-corrected chi connectivity index (χ1v) is 16.7. The fourth-order valence-electron chi connectivity index (χ4n) is 4.71. The van der Waals surface area contributed by atoms with E-state index >= 15 is 0 Å². The predicted octanol–water partition coefficient (Wildman–Crippen LogP) is 0.106. The number of imide groups is 1. The van der Waals surface area contributed by atoms with Crippen molar-refractivity contribution in [1.82, 2.24) is 34.4 Å². The summed E-state index contributed by atoms with van der Waals surface area (Å²) in [5, 5.41) is 25.0. The first kappa shape index (κ1) is 33.8. The Bertz CT molecular complexity index is 1470. The van der Waals surface area contributed by atoms with Crippen molar-refractivity contribution < 1.29 is 47.9 Å². The van der Waals surface area contributed by atoms with Crippen LogP contribution in [0.25, 0.3) is 11.2 Å². The molecular weight excluding hydrogens is 623 g/mol. The van der Waals surface area contributed by atoms with Crippen molar-refractivity contribution in [2.45, 2.75) is 69.9 Å². The zero-order chi connectivity index (χ0) is 32.7. The molecule has 2 aromatic heterocycles. The van der Waals surface area contributed by atoms with Crippen molar-refractivity contribution in [3.63, 3.8) is 0 Å². The quantitative estimate of drug-likeness (QED) is 0.134. The second-order valence-corrected chi connectivity index (χ2v) is 15.2. The Kier molecular flexibility index (Phi) is 9.80. The largest absolute Gasteiger partial charge is 0.479 e. The molecule has 4 rings (SSSR count). The first-order valence-electron chi connectivity index (χ1n) is 13.5. The number of imidazole rings is 1. The average Bonchev–Trinajstić information content (AvgIpc) is 3.52. The maximum atomic E-state index is 14.1. The number of ether oxygens (including phenoxy) is 3. The highest BCUT2D eigenvalue weighted by molar-refractivity contribution is 8.56. The Morgan fingerprint density at radius 3 is 2.57 bits per heavy atom. The van der Waals surface area contributed by atoms with Crippen LogP contribution in [0.4, 0.5) is 10.7 Å². The zero-order valence-electron chi connectivity index (χ0n) is 25.2. The molecule has 20 heteroatoms. The van der Waals surface area contributed by atoms with E-state index in [4.69, 9.17) is 24.5 Å². The Hall–Kier alpha value is -3.06. The highest BCUT2D eigenvalue weighted by Gasteiger charge is 2.54. The fraction of sp³-hybridized carbons (Fsp3) is 0.667. The number of hydrogen-bond acceptors (Lipinski definition) is 15. The molecule has 0 aliphatic carbocycles. The topological polar surface area (TPSA) is 234 Å². The molecule has 244 valence electrons. The second kappa shape index (κ2) is 12.7. The lowest BCUT2D eigenvalue weighted by molar-refractivity contribution is -0.149. The Balaban J connectivity index is 1.55. The van der Waals surface area contributed by atoms with Crippen molar-refractivity contribution in [3.05, 3.63) is 6.33 Å². The van der Waals surface area contributed by atoms with Gasteiger partial charge in [-0.3, -0.25) is 23.6 Å². The van der Waals surface area contributed by atoms with Crippen LogP contribution in [0, 0.1) is 0 Å². The van der Waals surface area contributed by atoms with Gasteiger partial charge < -0.3 is 39.6 Å². The smallest absolute Gasteiger partial charge is 0.327 e. The van der Waals surface area contributed by atoms with E-state index in [1.165, 1.54) is 50.8 Å². The number of aliphatic hydroxyl groups excluding tert-OH is 1. The summed E-state index contributed by atoms with van der Waals surface area (Å²) in [6.07, 6.45) is -3.16. The molecule has 3 amide bonds. The number of anilines is 1. The number of nitrogen functional groups attached to an aromatic ring is 1. The van der Waals surface area contributed by atoms with E-state index in [0.717, 1.165) is 4.90 Å². The highest BCUT2D eigenvalue weighted by atomic mass is 32.7. The number of fused-ring (bicyclic) bond motifs is 1. The number of methoxy groups -OCH3 is 1. The van der Waals surface area contributed by atoms with Gasteiger partial charge in [0.05, 0.1) is 26.1 Å². The van der Waals surface area contributed by atoms with Crippen LogP contribution in [-0.4, -0.2) is 127 Å². The van der Waals surface area contributed by atoms with Gasteiger partial charge in [-0.15, -0.1) is 0 Å². The molecule has 2 aromatic rings. The number of esters is 1. The number of nitrogens with two attached hydrogens (primary N) is 1. The van der Waals surface area contributed by atoms with E-state index in [-0.39, 0.29) is 28.7 Å². The summed E-state index contributed by atoms with van der Waals surface area (Å²) in [6, 6.07) is -2.56. The third kappa shape index (κ3) is 6.49. The average molecular weight is 661 g/mol. The summed E-state index contributed by atoms with van der Waals surface area (Å²) >= 11 is 0.701. The van der Waals surface area contributed by atoms with Gasteiger partial charge in [0.2, 0.25) is 11.8 Å². The van der Waals surface area contributed by atoms with Gasteiger partial charge in [-0.05, 0) is 27.7 Å². The third-order valence-electron chi connectivity index (χ3n) is 7.15. The molecule has 0 saturated carbocycles. The van der Waals surface area contributed by atoms with Gasteiger partial charge in [0.1, 0.15) is 29.9 Å². The number of aliphatic hydroxyl groups is 2. The number of rotatable bonds is 12. The highest BCUT2D eigenvalue weighted by Crippen LogP contribution is 2.57. The van der Waals surface area contributed by atoms with Gasteiger partial charge in [0, 0.05) is 19.8 Å². The number of nitrogens with zero attached hydrogens (tertiary/aromatic N) is 6. The minimum absolute atomic E-state index is 0.0951. The molecule has 18 nitrogen and oxygen atoms in total. The summed E-state index contributed by atoms with van der Waals surface area (Å²) in [5.74, 6) is -1.36. The SMILES string of the molecule is COc1nc(N)nc2c1ncn2[C@@H]1O[C@H](CO[P@](=O)(N[C@H](C)C(=O)OC(C)C)SC[C@@H]2C(=O)N(C)C(=O)N2C)[C@@H](O)[C@@]1(C)O. The van der Waals surface area contributed by atoms with Crippen molar-refractivity contribution in [2.75, 3.05) is 39.3 Å². The molecule has 2 aliphatic heterocycles. The Labute approximate surface area is 256 Å². The first-order chi connectivity index (χ1) is 20.5. The zero-order valence-corrected chi connectivity index (χ0v) is 26.9. The lowest BCUT2D eigenvalue weighted by Crippen LogP contribution is -2.44. The molecule has 2 saturated heterocycles. The maximum Gasteiger partial charge on any atom is 0.327 e. The van der Waals surface area contributed by atoms with Crippen LogP contribution >= 0.6 is 18.1 Å². The van der Waals surface area contributed by atoms with E-state index in [2.05, 4.69) is 20.0 Å². The standard InChI is InChI=1S/C24H37N8O10PS/c1-11(2)41-20(35)12(3)29-43(38,44-9-13-19(34)31(6)23(36)30(13)5)40-8-14-16(33)24(4,37)21(42-14)32-10-26-15-17(32)27-22(25)28-18(15)39-7/h10-14,16,21,33,37H,8-9H2,1-7H3,(H,29,38)(H2,25,27,28)/t12-,13-,14-,16-,21-,24-,43-/m1/s1. The number of hydrogen-bond donors (Lipinski definition) is 4. The summed E-state index contributed by atoms with van der Waals surface area (Å²) in [5.41, 5.74) is 4.28. The van der Waals surface area contributed by atoms with Crippen LogP contribution in [0.5, 0.6) is 5.88 Å². The molecule has 4 heterocycles. The Morgan fingerprint density at radius 2 is 1.98 bits per heavy atom. The molecule has 0 bridgehead atoms. The molecule has 2 aliphatic rings. The molecule has 2 fully saturated rings. The molecule has 0 radical (unpaired) electrons. The second-order valence-electron chi connectivity index (χ2n) is 10.8. The molecular formula is C24H37N8O10PS. The van der Waals surface area contributed by atoms with E-state index in [1.807, 2.05) is 0 Å². The minimum atomic E-state index is -4.06. The van der Waals surface area contributed by atoms with Crippen LogP contribution in [0.2, 0.25) is 0 Å². The summed E-state index contributed by atoms with van der Waals surface area (Å²) in [6.45, 7) is 1.50. The number of amides is 3. The summed E-state index contributed by atoms with van der Waals surface area (Å²) in [4.78, 5) is 51.9. The molecule has 0 aromatic carbocycles.